The molecule has 0 aliphatic rings. The van der Waals surface area contributed by atoms with Crippen molar-refractivity contribution in [1.82, 2.24) is 0 Å². The van der Waals surface area contributed by atoms with Gasteiger partial charge in [-0.2, -0.15) is 0 Å². The summed E-state index contributed by atoms with van der Waals surface area (Å²) >= 11 is 0. The van der Waals surface area contributed by atoms with Gasteiger partial charge in [0, 0.05) is 6.61 Å². The zero-order valence-electron chi connectivity index (χ0n) is 28.1. The van der Waals surface area contributed by atoms with Gasteiger partial charge in [-0.3, -0.25) is 0 Å². The predicted octanol–water partition coefficient (Wildman–Crippen LogP) is 5.07. The smallest absolute Gasteiger partial charge is 0.0807 e. The highest BCUT2D eigenvalue weighted by Crippen LogP contribution is 2.13. The Balaban J connectivity index is 3.30. The normalized spacial score (nSPS) is 13.1. The summed E-state index contributed by atoms with van der Waals surface area (Å²) in [6.07, 6.45) is 13.3. The average molecular weight is 625 g/mol. The number of aliphatic hydroxyl groups is 1. The van der Waals surface area contributed by atoms with Gasteiger partial charge in [0.05, 0.1) is 118 Å². The van der Waals surface area contributed by atoms with E-state index in [1.54, 1.807) is 0 Å². The first-order valence-corrected chi connectivity index (χ1v) is 17.1. The summed E-state index contributed by atoms with van der Waals surface area (Å²) < 4.78 is 49.8. The van der Waals surface area contributed by atoms with Crippen LogP contribution in [0.3, 0.4) is 0 Å². The first kappa shape index (κ1) is 42.6. The first-order chi connectivity index (χ1) is 21.2. The lowest BCUT2D eigenvalue weighted by Crippen LogP contribution is -2.23. The van der Waals surface area contributed by atoms with Crippen LogP contribution in [0.4, 0.5) is 0 Å². The highest BCUT2D eigenvalue weighted by Gasteiger charge is 2.09. The Morgan fingerprint density at radius 3 is 1.26 bits per heavy atom. The van der Waals surface area contributed by atoms with Crippen LogP contribution in [0.5, 0.6) is 0 Å². The lowest BCUT2D eigenvalue weighted by atomic mass is 10.0. The number of hydrogen-bond acceptors (Lipinski definition) is 10. The second kappa shape index (κ2) is 37.8. The van der Waals surface area contributed by atoms with Gasteiger partial charge in [0.25, 0.3) is 0 Å². The van der Waals surface area contributed by atoms with Gasteiger partial charge in [0.2, 0.25) is 0 Å². The van der Waals surface area contributed by atoms with Crippen molar-refractivity contribution in [2.24, 2.45) is 5.92 Å². The van der Waals surface area contributed by atoms with Crippen LogP contribution in [0.2, 0.25) is 0 Å². The zero-order chi connectivity index (χ0) is 31.3. The summed E-state index contributed by atoms with van der Waals surface area (Å²) in [7, 11) is 0. The number of unbranched alkanes of at least 4 members (excludes halogenated alkanes) is 7. The minimum atomic E-state index is 0.0317. The molecule has 0 saturated carbocycles. The Morgan fingerprint density at radius 1 is 0.442 bits per heavy atom. The van der Waals surface area contributed by atoms with Gasteiger partial charge in [0.15, 0.2) is 0 Å². The van der Waals surface area contributed by atoms with E-state index < -0.39 is 0 Å². The molecule has 43 heavy (non-hydrogen) atoms. The third-order valence-electron chi connectivity index (χ3n) is 6.76. The maximum Gasteiger partial charge on any atom is 0.0807 e. The van der Waals surface area contributed by atoms with Crippen LogP contribution in [0.25, 0.3) is 0 Å². The van der Waals surface area contributed by atoms with Crippen LogP contribution in [0.15, 0.2) is 0 Å². The van der Waals surface area contributed by atoms with Gasteiger partial charge in [-0.15, -0.1) is 0 Å². The highest BCUT2D eigenvalue weighted by molar-refractivity contribution is 4.57. The molecule has 0 aliphatic carbocycles. The van der Waals surface area contributed by atoms with Crippen molar-refractivity contribution < 1.29 is 47.7 Å². The summed E-state index contributed by atoms with van der Waals surface area (Å²) in [5.41, 5.74) is 0. The van der Waals surface area contributed by atoms with Crippen molar-refractivity contribution in [3.63, 3.8) is 0 Å². The standard InChI is InChI=1S/C33H68O10/c1-4-6-7-8-9-10-11-12-13-32(3)30-42-31-33(5-2)43-29-28-41-27-26-40-25-24-39-23-22-38-21-20-37-19-18-36-17-16-35-15-14-34/h32-34H,4-31H2,1-3H3. The van der Waals surface area contributed by atoms with E-state index >= 15 is 0 Å². The van der Waals surface area contributed by atoms with E-state index in [-0.39, 0.29) is 12.7 Å². The van der Waals surface area contributed by atoms with Crippen molar-refractivity contribution >= 4 is 0 Å². The third-order valence-corrected chi connectivity index (χ3v) is 6.76. The summed E-state index contributed by atoms with van der Waals surface area (Å²) in [5, 5.41) is 8.59. The van der Waals surface area contributed by atoms with Crippen molar-refractivity contribution in [1.29, 1.82) is 0 Å². The number of ether oxygens (including phenoxy) is 9. The predicted molar refractivity (Wildman–Crippen MR) is 170 cm³/mol. The van der Waals surface area contributed by atoms with Gasteiger partial charge < -0.3 is 47.7 Å². The van der Waals surface area contributed by atoms with Crippen LogP contribution in [0, 0.1) is 5.92 Å². The quantitative estimate of drug-likeness (QED) is 0.0937. The second-order valence-corrected chi connectivity index (χ2v) is 10.8. The minimum absolute atomic E-state index is 0.0317. The molecule has 0 bridgehead atoms. The van der Waals surface area contributed by atoms with E-state index in [1.165, 1.54) is 57.8 Å². The van der Waals surface area contributed by atoms with Gasteiger partial charge in [-0.05, 0) is 18.8 Å². The maximum absolute atomic E-state index is 8.59. The van der Waals surface area contributed by atoms with Crippen molar-refractivity contribution in [2.75, 3.05) is 119 Å². The number of hydrogen-bond donors (Lipinski definition) is 1. The van der Waals surface area contributed by atoms with Gasteiger partial charge in [-0.25, -0.2) is 0 Å². The average Bonchev–Trinajstić information content (AvgIpc) is 3.01. The van der Waals surface area contributed by atoms with Crippen LogP contribution in [-0.4, -0.2) is 130 Å². The summed E-state index contributed by atoms with van der Waals surface area (Å²) in [5.74, 6) is 0.609. The molecule has 260 valence electrons. The molecular weight excluding hydrogens is 556 g/mol. The van der Waals surface area contributed by atoms with E-state index in [4.69, 9.17) is 47.7 Å². The van der Waals surface area contributed by atoms with Crippen molar-refractivity contribution in [2.45, 2.75) is 91.1 Å². The molecule has 0 aromatic carbocycles. The molecule has 10 nitrogen and oxygen atoms in total. The van der Waals surface area contributed by atoms with Crippen LogP contribution in [-0.2, 0) is 42.6 Å². The fraction of sp³-hybridized carbons (Fsp3) is 1.00. The molecule has 1 N–H and O–H groups in total. The third kappa shape index (κ3) is 35.9. The minimum Gasteiger partial charge on any atom is -0.394 e. The van der Waals surface area contributed by atoms with Gasteiger partial charge >= 0.3 is 0 Å². The largest absolute Gasteiger partial charge is 0.394 e. The highest BCUT2D eigenvalue weighted by atomic mass is 16.6. The van der Waals surface area contributed by atoms with Gasteiger partial charge in [-0.1, -0.05) is 72.1 Å². The Morgan fingerprint density at radius 2 is 0.837 bits per heavy atom. The summed E-state index contributed by atoms with van der Waals surface area (Å²) in [6.45, 7) is 15.9. The van der Waals surface area contributed by atoms with E-state index in [1.807, 2.05) is 0 Å². The Labute approximate surface area is 263 Å². The molecule has 0 heterocycles. The molecule has 2 atom stereocenters. The molecule has 0 fully saturated rings. The second-order valence-electron chi connectivity index (χ2n) is 10.8. The van der Waals surface area contributed by atoms with Gasteiger partial charge in [0.1, 0.15) is 0 Å². The molecular formula is C33H68O10. The monoisotopic (exact) mass is 624 g/mol. The molecule has 0 aromatic heterocycles. The molecule has 0 aliphatic heterocycles. The van der Waals surface area contributed by atoms with E-state index in [2.05, 4.69) is 20.8 Å². The SMILES string of the molecule is CCCCCCCCCCC(C)COCC(CC)OCCOCCOCCOCCOCCOCCOCCOCCO. The summed E-state index contributed by atoms with van der Waals surface area (Å²) in [6, 6.07) is 0. The fourth-order valence-electron chi connectivity index (χ4n) is 4.15. The molecule has 0 rings (SSSR count). The number of rotatable bonds is 38. The van der Waals surface area contributed by atoms with Crippen LogP contribution < -0.4 is 0 Å². The number of aliphatic hydroxyl groups excluding tert-OH is 1. The van der Waals surface area contributed by atoms with Crippen LogP contribution in [0.1, 0.15) is 85.0 Å². The molecule has 2 unspecified atom stereocenters. The Kier molecular flexibility index (Phi) is 37.4. The fourth-order valence-corrected chi connectivity index (χ4v) is 4.15. The maximum atomic E-state index is 8.59. The molecule has 0 radical (unpaired) electrons. The molecule has 10 heteroatoms. The molecule has 0 aromatic rings. The first-order valence-electron chi connectivity index (χ1n) is 17.1. The van der Waals surface area contributed by atoms with Crippen molar-refractivity contribution in [3.8, 4) is 0 Å². The topological polar surface area (TPSA) is 103 Å². The van der Waals surface area contributed by atoms with Crippen molar-refractivity contribution in [3.05, 3.63) is 0 Å². The molecule has 0 amide bonds. The summed E-state index contributed by atoms with van der Waals surface area (Å²) in [4.78, 5) is 0. The lowest BCUT2D eigenvalue weighted by molar-refractivity contribution is -0.0516. The molecule has 0 saturated heterocycles. The van der Waals surface area contributed by atoms with E-state index in [0.717, 1.165) is 13.0 Å². The zero-order valence-corrected chi connectivity index (χ0v) is 28.1. The Hall–Kier alpha value is -0.400. The lowest BCUT2D eigenvalue weighted by Gasteiger charge is -2.18. The molecule has 0 spiro atoms. The van der Waals surface area contributed by atoms with E-state index in [9.17, 15) is 0 Å². The van der Waals surface area contributed by atoms with Crippen LogP contribution >= 0.6 is 0 Å². The Bertz CT molecular complexity index is 500. The van der Waals surface area contributed by atoms with E-state index in [0.29, 0.717) is 112 Å².